The second-order valence-electron chi connectivity index (χ2n) is 12.4. The molecule has 3 amide bonds. The number of nitrogens with zero attached hydrogens (tertiary/aromatic N) is 3. The fourth-order valence-electron chi connectivity index (χ4n) is 5.46. The molecule has 2 atom stereocenters. The lowest BCUT2D eigenvalue weighted by Gasteiger charge is -2.33. The van der Waals surface area contributed by atoms with Gasteiger partial charge in [0.2, 0.25) is 11.8 Å². The third-order valence-electron chi connectivity index (χ3n) is 8.20. The van der Waals surface area contributed by atoms with Crippen LogP contribution in [0.2, 0.25) is 0 Å². The van der Waals surface area contributed by atoms with E-state index in [9.17, 15) is 14.4 Å². The summed E-state index contributed by atoms with van der Waals surface area (Å²) < 4.78 is 7.56. The molecule has 46 heavy (non-hydrogen) atoms. The van der Waals surface area contributed by atoms with Crippen LogP contribution in [0.3, 0.4) is 0 Å². The quantitative estimate of drug-likeness (QED) is 0.217. The number of anilines is 1. The number of benzene rings is 3. The van der Waals surface area contributed by atoms with E-state index in [0.717, 1.165) is 34.7 Å². The Morgan fingerprint density at radius 2 is 1.67 bits per heavy atom. The highest BCUT2D eigenvalue weighted by Crippen LogP contribution is 2.31. The Kier molecular flexibility index (Phi) is 11.3. The van der Waals surface area contributed by atoms with Crippen molar-refractivity contribution in [1.29, 1.82) is 0 Å². The molecule has 1 saturated heterocycles. The summed E-state index contributed by atoms with van der Waals surface area (Å²) in [6, 6.07) is 21.8. The van der Waals surface area contributed by atoms with E-state index >= 15 is 0 Å². The van der Waals surface area contributed by atoms with Crippen molar-refractivity contribution in [2.75, 3.05) is 25.0 Å². The molecule has 1 aliphatic heterocycles. The Morgan fingerprint density at radius 1 is 1.00 bits per heavy atom. The van der Waals surface area contributed by atoms with Crippen molar-refractivity contribution in [2.45, 2.75) is 65.3 Å². The summed E-state index contributed by atoms with van der Waals surface area (Å²) >= 11 is 0. The van der Waals surface area contributed by atoms with Gasteiger partial charge in [-0.25, -0.2) is 4.98 Å². The first-order chi connectivity index (χ1) is 21.6. The molecule has 10 nitrogen and oxygen atoms in total. The van der Waals surface area contributed by atoms with E-state index in [0.29, 0.717) is 19.0 Å². The summed E-state index contributed by atoms with van der Waals surface area (Å²) in [5.74, 6) is -0.189. The van der Waals surface area contributed by atoms with Gasteiger partial charge in [0.25, 0.3) is 5.91 Å². The largest absolute Gasteiger partial charge is 0.374 e. The first kappa shape index (κ1) is 34.3. The maximum atomic E-state index is 14.2. The minimum absolute atomic E-state index is 0. The summed E-state index contributed by atoms with van der Waals surface area (Å²) in [5.41, 5.74) is 6.59. The Balaban J connectivity index is 0.00000480. The summed E-state index contributed by atoms with van der Waals surface area (Å²) in [6.07, 6.45) is 5.14. The lowest BCUT2D eigenvalue weighted by atomic mass is 9.95. The van der Waals surface area contributed by atoms with Gasteiger partial charge < -0.3 is 30.6 Å². The fourth-order valence-corrected chi connectivity index (χ4v) is 5.46. The Bertz CT molecular complexity index is 1620. The van der Waals surface area contributed by atoms with Crippen LogP contribution in [0.4, 0.5) is 5.82 Å². The maximum Gasteiger partial charge on any atom is 0.250 e. The SMILES string of the molecule is C.CC1CCN(C(=O)C(c2cccc3ccccc23)n2cnc(NC(=O)[C@@H](COCc3ccccc3)NC(=O)C(C)(C)N)c2)CC1. The van der Waals surface area contributed by atoms with E-state index in [-0.39, 0.29) is 32.4 Å². The van der Waals surface area contributed by atoms with Crippen LogP contribution in [0, 0.1) is 5.92 Å². The minimum Gasteiger partial charge on any atom is -0.374 e. The molecule has 0 aliphatic carbocycles. The van der Waals surface area contributed by atoms with E-state index in [1.165, 1.54) is 0 Å². The van der Waals surface area contributed by atoms with Crippen LogP contribution in [-0.4, -0.2) is 63.4 Å². The molecule has 4 aromatic rings. The standard InChI is InChI=1S/C35H42N6O4.CH4/c1-24-16-18-40(19-17-24)33(43)31(28-15-9-13-26-12-7-8-14-27(26)28)41-20-30(37-23-41)39-32(42)29(38-34(44)35(2,3)36)22-45-21-25-10-5-4-6-11-25;/h4-15,20,23-24,29,31H,16-19,21-22,36H2,1-3H3,(H,38,44)(H,39,42);1H4/t29-,31?;/m1./s1. The lowest BCUT2D eigenvalue weighted by Crippen LogP contribution is -2.56. The van der Waals surface area contributed by atoms with Crippen molar-refractivity contribution in [1.82, 2.24) is 19.8 Å². The number of nitrogens with two attached hydrogens (primary N) is 1. The van der Waals surface area contributed by atoms with Crippen LogP contribution in [-0.2, 0) is 25.7 Å². The molecule has 1 aromatic heterocycles. The number of rotatable bonds is 11. The molecule has 1 aliphatic rings. The highest BCUT2D eigenvalue weighted by Gasteiger charge is 2.32. The lowest BCUT2D eigenvalue weighted by molar-refractivity contribution is -0.134. The number of carbonyl (C=O) groups is 3. The predicted molar refractivity (Wildman–Crippen MR) is 181 cm³/mol. The molecule has 3 aromatic carbocycles. The average molecular weight is 627 g/mol. The van der Waals surface area contributed by atoms with Crippen LogP contribution in [0.25, 0.3) is 10.8 Å². The van der Waals surface area contributed by atoms with Crippen LogP contribution < -0.4 is 16.4 Å². The number of ether oxygens (including phenoxy) is 1. The Morgan fingerprint density at radius 3 is 2.39 bits per heavy atom. The highest BCUT2D eigenvalue weighted by molar-refractivity contribution is 5.98. The van der Waals surface area contributed by atoms with Gasteiger partial charge in [0, 0.05) is 19.3 Å². The third kappa shape index (κ3) is 8.38. The molecule has 0 radical (unpaired) electrons. The summed E-state index contributed by atoms with van der Waals surface area (Å²) in [7, 11) is 0. The van der Waals surface area contributed by atoms with Gasteiger partial charge in [-0.05, 0) is 54.5 Å². The number of hydrogen-bond donors (Lipinski definition) is 3. The van der Waals surface area contributed by atoms with E-state index in [1.807, 2.05) is 77.7 Å². The van der Waals surface area contributed by atoms with Crippen molar-refractivity contribution in [2.24, 2.45) is 11.7 Å². The van der Waals surface area contributed by atoms with Crippen LogP contribution >= 0.6 is 0 Å². The van der Waals surface area contributed by atoms with Crippen molar-refractivity contribution in [3.05, 3.63) is 96.4 Å². The number of aromatic nitrogens is 2. The number of piperidine rings is 1. The summed E-state index contributed by atoms with van der Waals surface area (Å²) in [6.45, 7) is 6.93. The van der Waals surface area contributed by atoms with Crippen molar-refractivity contribution in [3.8, 4) is 0 Å². The van der Waals surface area contributed by atoms with Crippen molar-refractivity contribution < 1.29 is 19.1 Å². The summed E-state index contributed by atoms with van der Waals surface area (Å²) in [5, 5.41) is 7.52. The monoisotopic (exact) mass is 626 g/mol. The molecule has 2 heterocycles. The number of imidazole rings is 1. The van der Waals surface area contributed by atoms with E-state index in [1.54, 1.807) is 30.9 Å². The van der Waals surface area contributed by atoms with Crippen LogP contribution in [0.5, 0.6) is 0 Å². The predicted octanol–water partition coefficient (Wildman–Crippen LogP) is 4.90. The number of hydrogen-bond acceptors (Lipinski definition) is 6. The number of amides is 3. The molecule has 10 heteroatoms. The van der Waals surface area contributed by atoms with Crippen molar-refractivity contribution in [3.63, 3.8) is 0 Å². The van der Waals surface area contributed by atoms with Crippen molar-refractivity contribution >= 4 is 34.3 Å². The van der Waals surface area contributed by atoms with Gasteiger partial charge in [0.15, 0.2) is 5.82 Å². The molecule has 5 rings (SSSR count). The minimum atomic E-state index is -1.20. The topological polar surface area (TPSA) is 132 Å². The zero-order valence-corrected chi connectivity index (χ0v) is 26.1. The van der Waals surface area contributed by atoms with E-state index in [2.05, 4.69) is 22.5 Å². The molecule has 1 fully saturated rings. The van der Waals surface area contributed by atoms with Gasteiger partial charge in [-0.1, -0.05) is 87.1 Å². The molecule has 0 bridgehead atoms. The Hall–Kier alpha value is -4.54. The molecule has 1 unspecified atom stereocenters. The van der Waals surface area contributed by atoms with Gasteiger partial charge in [-0.2, -0.15) is 0 Å². The fraction of sp³-hybridized carbons (Fsp3) is 0.389. The molecular formula is C36H46N6O4. The molecule has 4 N–H and O–H groups in total. The first-order valence-electron chi connectivity index (χ1n) is 15.4. The van der Waals surface area contributed by atoms with Gasteiger partial charge in [-0.15, -0.1) is 0 Å². The zero-order chi connectivity index (χ0) is 32.0. The molecular weight excluding hydrogens is 580 g/mol. The zero-order valence-electron chi connectivity index (χ0n) is 26.1. The van der Waals surface area contributed by atoms with Gasteiger partial charge in [-0.3, -0.25) is 14.4 Å². The Labute approximate surface area is 271 Å². The maximum absolute atomic E-state index is 14.2. The second-order valence-corrected chi connectivity index (χ2v) is 12.4. The first-order valence-corrected chi connectivity index (χ1v) is 15.4. The van der Waals surface area contributed by atoms with Gasteiger partial charge >= 0.3 is 0 Å². The van der Waals surface area contributed by atoms with Gasteiger partial charge in [0.1, 0.15) is 12.1 Å². The number of fused-ring (bicyclic) bond motifs is 1. The average Bonchev–Trinajstić information content (AvgIpc) is 3.48. The number of carbonyl (C=O) groups excluding carboxylic acids is 3. The summed E-state index contributed by atoms with van der Waals surface area (Å²) in [4.78, 5) is 46.7. The smallest absolute Gasteiger partial charge is 0.250 e. The third-order valence-corrected chi connectivity index (χ3v) is 8.20. The van der Waals surface area contributed by atoms with E-state index < -0.39 is 29.4 Å². The highest BCUT2D eigenvalue weighted by atomic mass is 16.5. The number of likely N-dealkylation sites (tertiary alicyclic amines) is 1. The number of nitrogens with one attached hydrogen (secondary N) is 2. The normalized spacial score (nSPS) is 15.1. The molecule has 0 saturated carbocycles. The van der Waals surface area contributed by atoms with Gasteiger partial charge in [0.05, 0.1) is 25.1 Å². The van der Waals surface area contributed by atoms with E-state index in [4.69, 9.17) is 10.5 Å². The van der Waals surface area contributed by atoms with Crippen LogP contribution in [0.15, 0.2) is 85.3 Å². The molecule has 0 spiro atoms. The van der Waals surface area contributed by atoms with Crippen LogP contribution in [0.1, 0.15) is 58.2 Å². The molecule has 244 valence electrons. The second kappa shape index (κ2) is 15.2.